The SMILES string of the molecule is Cc1cccc(-c2noc([C@@H]3CCCN(S(=O)(=O)c4cccs4)C3)n2)c1. The first-order valence-electron chi connectivity index (χ1n) is 8.48. The molecule has 3 aromatic rings. The van der Waals surface area contributed by atoms with Crippen LogP contribution in [0.1, 0.15) is 30.2 Å². The average molecular weight is 390 g/mol. The summed E-state index contributed by atoms with van der Waals surface area (Å²) >= 11 is 1.24. The highest BCUT2D eigenvalue weighted by atomic mass is 32.2. The molecular weight excluding hydrogens is 370 g/mol. The van der Waals surface area contributed by atoms with Gasteiger partial charge in [0.1, 0.15) is 4.21 Å². The minimum atomic E-state index is -3.45. The normalized spacial score (nSPS) is 18.9. The van der Waals surface area contributed by atoms with Crippen molar-refractivity contribution in [2.45, 2.75) is 29.9 Å². The Morgan fingerprint density at radius 1 is 1.27 bits per heavy atom. The second-order valence-electron chi connectivity index (χ2n) is 6.46. The lowest BCUT2D eigenvalue weighted by molar-refractivity contribution is 0.266. The smallest absolute Gasteiger partial charge is 0.252 e. The maximum Gasteiger partial charge on any atom is 0.252 e. The van der Waals surface area contributed by atoms with Crippen LogP contribution >= 0.6 is 11.3 Å². The highest BCUT2D eigenvalue weighted by molar-refractivity contribution is 7.91. The van der Waals surface area contributed by atoms with Crippen molar-refractivity contribution in [2.75, 3.05) is 13.1 Å². The first kappa shape index (κ1) is 17.4. The molecule has 0 unspecified atom stereocenters. The van der Waals surface area contributed by atoms with Crippen molar-refractivity contribution in [3.05, 3.63) is 53.2 Å². The van der Waals surface area contributed by atoms with E-state index in [1.165, 1.54) is 15.6 Å². The van der Waals surface area contributed by atoms with Crippen LogP contribution in [0.5, 0.6) is 0 Å². The molecule has 0 radical (unpaired) electrons. The summed E-state index contributed by atoms with van der Waals surface area (Å²) in [5.41, 5.74) is 2.03. The molecule has 1 aliphatic rings. The number of rotatable bonds is 4. The lowest BCUT2D eigenvalue weighted by Gasteiger charge is -2.29. The Hall–Kier alpha value is -2.03. The van der Waals surface area contributed by atoms with Crippen LogP contribution in [0.2, 0.25) is 0 Å². The molecular formula is C18H19N3O3S2. The number of hydrogen-bond acceptors (Lipinski definition) is 6. The summed E-state index contributed by atoms with van der Waals surface area (Å²) in [6.07, 6.45) is 1.61. The van der Waals surface area contributed by atoms with Gasteiger partial charge in [-0.15, -0.1) is 11.3 Å². The predicted molar refractivity (Wildman–Crippen MR) is 99.5 cm³/mol. The third-order valence-electron chi connectivity index (χ3n) is 4.54. The topological polar surface area (TPSA) is 76.3 Å². The summed E-state index contributed by atoms with van der Waals surface area (Å²) in [5.74, 6) is 0.971. The van der Waals surface area contributed by atoms with E-state index in [2.05, 4.69) is 10.1 Å². The molecule has 8 heteroatoms. The van der Waals surface area contributed by atoms with Crippen molar-refractivity contribution in [2.24, 2.45) is 0 Å². The van der Waals surface area contributed by atoms with Gasteiger partial charge in [-0.25, -0.2) is 8.42 Å². The van der Waals surface area contributed by atoms with E-state index in [0.717, 1.165) is 24.0 Å². The van der Waals surface area contributed by atoms with E-state index in [1.807, 2.05) is 31.2 Å². The highest BCUT2D eigenvalue weighted by Gasteiger charge is 2.33. The summed E-state index contributed by atoms with van der Waals surface area (Å²) in [4.78, 5) is 4.53. The summed E-state index contributed by atoms with van der Waals surface area (Å²) < 4.78 is 32.9. The lowest BCUT2D eigenvalue weighted by Crippen LogP contribution is -2.38. The van der Waals surface area contributed by atoms with E-state index >= 15 is 0 Å². The van der Waals surface area contributed by atoms with Crippen LogP contribution in [0.3, 0.4) is 0 Å². The van der Waals surface area contributed by atoms with Crippen LogP contribution in [0, 0.1) is 6.92 Å². The van der Waals surface area contributed by atoms with Crippen molar-refractivity contribution in [3.8, 4) is 11.4 Å². The van der Waals surface area contributed by atoms with Crippen LogP contribution in [-0.4, -0.2) is 36.0 Å². The van der Waals surface area contributed by atoms with Crippen molar-refractivity contribution >= 4 is 21.4 Å². The third kappa shape index (κ3) is 3.32. The van der Waals surface area contributed by atoms with Gasteiger partial charge in [0.15, 0.2) is 0 Å². The maximum atomic E-state index is 12.8. The molecule has 1 aromatic carbocycles. The van der Waals surface area contributed by atoms with E-state index in [9.17, 15) is 8.42 Å². The monoisotopic (exact) mass is 389 g/mol. The van der Waals surface area contributed by atoms with E-state index < -0.39 is 10.0 Å². The molecule has 1 fully saturated rings. The summed E-state index contributed by atoms with van der Waals surface area (Å²) in [6.45, 7) is 2.91. The molecule has 0 spiro atoms. The average Bonchev–Trinajstić information content (AvgIpc) is 3.34. The highest BCUT2D eigenvalue weighted by Crippen LogP contribution is 2.31. The van der Waals surface area contributed by atoms with E-state index in [4.69, 9.17) is 4.52 Å². The Bertz CT molecular complexity index is 996. The summed E-state index contributed by atoms with van der Waals surface area (Å²) in [6, 6.07) is 11.3. The molecule has 136 valence electrons. The van der Waals surface area contributed by atoms with Gasteiger partial charge in [-0.1, -0.05) is 35.0 Å². The Labute approximate surface area is 156 Å². The number of aromatic nitrogens is 2. The van der Waals surface area contributed by atoms with Crippen molar-refractivity contribution < 1.29 is 12.9 Å². The predicted octanol–water partition coefficient (Wildman–Crippen LogP) is 3.67. The van der Waals surface area contributed by atoms with Crippen LogP contribution < -0.4 is 0 Å². The molecule has 0 aliphatic carbocycles. The molecule has 4 rings (SSSR count). The second-order valence-corrected chi connectivity index (χ2v) is 9.57. The van der Waals surface area contributed by atoms with Crippen LogP contribution in [0.4, 0.5) is 0 Å². The Morgan fingerprint density at radius 2 is 2.15 bits per heavy atom. The maximum absolute atomic E-state index is 12.8. The number of hydrogen-bond donors (Lipinski definition) is 0. The van der Waals surface area contributed by atoms with Crippen molar-refractivity contribution in [1.29, 1.82) is 0 Å². The molecule has 0 saturated carbocycles. The number of piperidine rings is 1. The summed E-state index contributed by atoms with van der Waals surface area (Å²) in [5, 5.41) is 5.87. The van der Waals surface area contributed by atoms with Gasteiger partial charge in [-0.3, -0.25) is 0 Å². The largest absolute Gasteiger partial charge is 0.339 e. The van der Waals surface area contributed by atoms with Crippen LogP contribution in [0.25, 0.3) is 11.4 Å². The lowest BCUT2D eigenvalue weighted by atomic mass is 10.00. The molecule has 6 nitrogen and oxygen atoms in total. The molecule has 1 saturated heterocycles. The van der Waals surface area contributed by atoms with Crippen LogP contribution in [0.15, 0.2) is 50.5 Å². The fourth-order valence-electron chi connectivity index (χ4n) is 3.20. The molecule has 1 atom stereocenters. The quantitative estimate of drug-likeness (QED) is 0.680. The number of benzene rings is 1. The molecule has 3 heterocycles. The number of nitrogens with zero attached hydrogens (tertiary/aromatic N) is 3. The first-order chi connectivity index (χ1) is 12.5. The zero-order valence-electron chi connectivity index (χ0n) is 14.3. The molecule has 2 aromatic heterocycles. The number of thiophene rings is 1. The Balaban J connectivity index is 1.56. The van der Waals surface area contributed by atoms with Crippen molar-refractivity contribution in [3.63, 3.8) is 0 Å². The molecule has 26 heavy (non-hydrogen) atoms. The number of sulfonamides is 1. The van der Waals surface area contributed by atoms with Gasteiger partial charge in [-0.2, -0.15) is 9.29 Å². The fourth-order valence-corrected chi connectivity index (χ4v) is 5.87. The zero-order valence-corrected chi connectivity index (χ0v) is 16.0. The van der Waals surface area contributed by atoms with Crippen LogP contribution in [-0.2, 0) is 10.0 Å². The number of aryl methyl sites for hydroxylation is 1. The zero-order chi connectivity index (χ0) is 18.1. The van der Waals surface area contributed by atoms with Crippen molar-refractivity contribution in [1.82, 2.24) is 14.4 Å². The standard InChI is InChI=1S/C18H19N3O3S2/c1-13-5-2-6-14(11-13)17-19-18(24-20-17)15-7-3-9-21(12-15)26(22,23)16-8-4-10-25-16/h2,4-6,8,10-11,15H,3,7,9,12H2,1H3/t15-/m1/s1. The third-order valence-corrected chi connectivity index (χ3v) is 7.78. The molecule has 0 bridgehead atoms. The van der Waals surface area contributed by atoms with Gasteiger partial charge in [0.25, 0.3) is 10.0 Å². The Kier molecular flexibility index (Phi) is 4.64. The fraction of sp³-hybridized carbons (Fsp3) is 0.333. The van der Waals surface area contributed by atoms with Gasteiger partial charge < -0.3 is 4.52 Å². The molecule has 1 aliphatic heterocycles. The Morgan fingerprint density at radius 3 is 2.92 bits per heavy atom. The van der Waals surface area contributed by atoms with Gasteiger partial charge >= 0.3 is 0 Å². The minimum Gasteiger partial charge on any atom is -0.339 e. The molecule has 0 amide bonds. The molecule has 0 N–H and O–H groups in total. The second kappa shape index (κ2) is 6.94. The minimum absolute atomic E-state index is 0.0791. The van der Waals surface area contributed by atoms with E-state index in [1.54, 1.807) is 17.5 Å². The van der Waals surface area contributed by atoms with Gasteiger partial charge in [0, 0.05) is 18.7 Å². The van der Waals surface area contributed by atoms with Gasteiger partial charge in [0.2, 0.25) is 11.7 Å². The summed E-state index contributed by atoms with van der Waals surface area (Å²) in [7, 11) is -3.45. The van der Waals surface area contributed by atoms with Gasteiger partial charge in [-0.05, 0) is 37.3 Å². The van der Waals surface area contributed by atoms with Gasteiger partial charge in [0.05, 0.1) is 5.92 Å². The van der Waals surface area contributed by atoms with E-state index in [0.29, 0.717) is 29.0 Å². The first-order valence-corrected chi connectivity index (χ1v) is 10.8. The van der Waals surface area contributed by atoms with E-state index in [-0.39, 0.29) is 5.92 Å².